The molecule has 2 rings (SSSR count). The molecule has 0 aliphatic carbocycles. The molecule has 0 saturated carbocycles. The van der Waals surface area contributed by atoms with E-state index in [4.69, 9.17) is 9.47 Å². The fourth-order valence-electron chi connectivity index (χ4n) is 1.21. The van der Waals surface area contributed by atoms with Crippen molar-refractivity contribution in [3.63, 3.8) is 0 Å². The molecule has 1 aliphatic heterocycles. The Morgan fingerprint density at radius 3 is 2.73 bits per heavy atom. The molecule has 3 nitrogen and oxygen atoms in total. The predicted molar refractivity (Wildman–Crippen MR) is 55.6 cm³/mol. The molecule has 1 saturated heterocycles. The second-order valence-corrected chi connectivity index (χ2v) is 3.47. The zero-order valence-corrected chi connectivity index (χ0v) is 8.31. The van der Waals surface area contributed by atoms with E-state index < -0.39 is 0 Å². The van der Waals surface area contributed by atoms with Gasteiger partial charge in [-0.1, -0.05) is 24.8 Å². The van der Waals surface area contributed by atoms with Gasteiger partial charge in [0.2, 0.25) is 0 Å². The highest BCUT2D eigenvalue weighted by Crippen LogP contribution is 2.19. The highest BCUT2D eigenvalue weighted by atomic mass is 16.6. The monoisotopic (exact) mass is 204 g/mol. The summed E-state index contributed by atoms with van der Waals surface area (Å²) in [6.45, 7) is 4.40. The van der Waals surface area contributed by atoms with Crippen LogP contribution in [0.1, 0.15) is 6.42 Å². The van der Waals surface area contributed by atoms with Crippen LogP contribution in [0, 0.1) is 0 Å². The van der Waals surface area contributed by atoms with Gasteiger partial charge in [-0.15, -0.1) is 0 Å². The lowest BCUT2D eigenvalue weighted by Crippen LogP contribution is -2.11. The van der Waals surface area contributed by atoms with Crippen LogP contribution in [-0.2, 0) is 9.53 Å². The van der Waals surface area contributed by atoms with Crippen LogP contribution in [0.25, 0.3) is 0 Å². The molecule has 0 spiro atoms. The van der Waals surface area contributed by atoms with E-state index in [0.717, 1.165) is 6.61 Å². The molecular weight excluding hydrogens is 192 g/mol. The molecule has 1 aliphatic rings. The number of esters is 1. The first-order valence-electron chi connectivity index (χ1n) is 4.82. The first-order valence-corrected chi connectivity index (χ1v) is 4.82. The maximum Gasteiger partial charge on any atom is 0.338 e. The van der Waals surface area contributed by atoms with E-state index in [9.17, 15) is 4.79 Å². The summed E-state index contributed by atoms with van der Waals surface area (Å²) in [5.74, 6) is 0.164. The minimum atomic E-state index is -0.378. The number of rotatable bonds is 4. The largest absolute Gasteiger partial charge is 0.423 e. The summed E-state index contributed by atoms with van der Waals surface area (Å²) in [7, 11) is 0. The van der Waals surface area contributed by atoms with Crippen LogP contribution < -0.4 is 4.74 Å². The summed E-state index contributed by atoms with van der Waals surface area (Å²) in [6.07, 6.45) is 0.729. The van der Waals surface area contributed by atoms with Crippen molar-refractivity contribution in [3.05, 3.63) is 42.5 Å². The van der Waals surface area contributed by atoms with Crippen LogP contribution in [0.4, 0.5) is 0 Å². The highest BCUT2D eigenvalue weighted by molar-refractivity contribution is 5.89. The second kappa shape index (κ2) is 4.28. The Labute approximate surface area is 88.3 Å². The highest BCUT2D eigenvalue weighted by Gasteiger charge is 2.26. The standard InChI is InChI=1S/C12H12O3/c1-9(7-11-8-14-11)12(13)15-10-5-3-2-4-6-10/h2-6,11H,1,7-8H2. The Morgan fingerprint density at radius 1 is 1.47 bits per heavy atom. The van der Waals surface area contributed by atoms with Crippen LogP contribution in [0.15, 0.2) is 42.5 Å². The van der Waals surface area contributed by atoms with Gasteiger partial charge in [0.15, 0.2) is 0 Å². The van der Waals surface area contributed by atoms with Gasteiger partial charge in [0.25, 0.3) is 0 Å². The van der Waals surface area contributed by atoms with Crippen molar-refractivity contribution in [1.29, 1.82) is 0 Å². The molecule has 1 fully saturated rings. The van der Waals surface area contributed by atoms with Gasteiger partial charge in [0, 0.05) is 12.0 Å². The Hall–Kier alpha value is -1.61. The number of carbonyl (C=O) groups excluding carboxylic acids is 1. The van der Waals surface area contributed by atoms with Crippen LogP contribution in [-0.4, -0.2) is 18.7 Å². The minimum Gasteiger partial charge on any atom is -0.423 e. The molecule has 1 unspecified atom stereocenters. The predicted octanol–water partition coefficient (Wildman–Crippen LogP) is 1.94. The van der Waals surface area contributed by atoms with E-state index >= 15 is 0 Å². The van der Waals surface area contributed by atoms with E-state index in [0.29, 0.717) is 17.7 Å². The van der Waals surface area contributed by atoms with Crippen molar-refractivity contribution in [2.75, 3.05) is 6.61 Å². The number of benzene rings is 1. The Morgan fingerprint density at radius 2 is 2.13 bits per heavy atom. The van der Waals surface area contributed by atoms with Gasteiger partial charge in [-0.05, 0) is 12.1 Å². The zero-order chi connectivity index (χ0) is 10.7. The number of para-hydroxylation sites is 1. The van der Waals surface area contributed by atoms with Crippen molar-refractivity contribution >= 4 is 5.97 Å². The van der Waals surface area contributed by atoms with Crippen LogP contribution in [0.2, 0.25) is 0 Å². The van der Waals surface area contributed by atoms with Gasteiger partial charge in [0.1, 0.15) is 5.75 Å². The first-order chi connectivity index (χ1) is 7.25. The molecular formula is C12H12O3. The quantitative estimate of drug-likeness (QED) is 0.325. The van der Waals surface area contributed by atoms with Crippen molar-refractivity contribution in [3.8, 4) is 5.75 Å². The number of hydrogen-bond donors (Lipinski definition) is 0. The average molecular weight is 204 g/mol. The molecule has 1 heterocycles. The fourth-order valence-corrected chi connectivity index (χ4v) is 1.21. The van der Waals surface area contributed by atoms with Crippen LogP contribution in [0.3, 0.4) is 0 Å². The topological polar surface area (TPSA) is 38.8 Å². The summed E-state index contributed by atoms with van der Waals surface area (Å²) in [6, 6.07) is 8.96. The lowest BCUT2D eigenvalue weighted by molar-refractivity contribution is -0.130. The minimum absolute atomic E-state index is 0.167. The third kappa shape index (κ3) is 2.92. The van der Waals surface area contributed by atoms with Gasteiger partial charge in [0.05, 0.1) is 12.7 Å². The third-order valence-corrected chi connectivity index (χ3v) is 2.12. The molecule has 0 radical (unpaired) electrons. The number of carbonyl (C=O) groups is 1. The lowest BCUT2D eigenvalue weighted by atomic mass is 10.2. The second-order valence-electron chi connectivity index (χ2n) is 3.47. The van der Waals surface area contributed by atoms with E-state index in [2.05, 4.69) is 6.58 Å². The van der Waals surface area contributed by atoms with E-state index in [1.807, 2.05) is 18.2 Å². The van der Waals surface area contributed by atoms with Crippen molar-refractivity contribution in [1.82, 2.24) is 0 Å². The molecule has 3 heteroatoms. The summed E-state index contributed by atoms with van der Waals surface area (Å²) in [5.41, 5.74) is 0.460. The Bertz CT molecular complexity index is 366. The SMILES string of the molecule is C=C(CC1CO1)C(=O)Oc1ccccc1. The molecule has 0 N–H and O–H groups in total. The lowest BCUT2D eigenvalue weighted by Gasteiger charge is -2.04. The van der Waals surface area contributed by atoms with Crippen molar-refractivity contribution in [2.45, 2.75) is 12.5 Å². The van der Waals surface area contributed by atoms with E-state index in [-0.39, 0.29) is 12.1 Å². The molecule has 1 aromatic carbocycles. The maximum atomic E-state index is 11.5. The number of ether oxygens (including phenoxy) is 2. The number of epoxide rings is 1. The molecule has 78 valence electrons. The van der Waals surface area contributed by atoms with E-state index in [1.165, 1.54) is 0 Å². The van der Waals surface area contributed by atoms with E-state index in [1.54, 1.807) is 12.1 Å². The van der Waals surface area contributed by atoms with Gasteiger partial charge in [-0.3, -0.25) is 0 Å². The Balaban J connectivity index is 1.88. The summed E-state index contributed by atoms with van der Waals surface area (Å²) >= 11 is 0. The number of hydrogen-bond acceptors (Lipinski definition) is 3. The molecule has 0 amide bonds. The fraction of sp³-hybridized carbons (Fsp3) is 0.250. The van der Waals surface area contributed by atoms with Crippen LogP contribution >= 0.6 is 0 Å². The molecule has 0 aromatic heterocycles. The van der Waals surface area contributed by atoms with Gasteiger partial charge < -0.3 is 9.47 Å². The summed E-state index contributed by atoms with van der Waals surface area (Å²) in [5, 5.41) is 0. The zero-order valence-electron chi connectivity index (χ0n) is 8.31. The Kier molecular flexibility index (Phi) is 2.83. The average Bonchev–Trinajstić information content (AvgIpc) is 3.03. The van der Waals surface area contributed by atoms with Gasteiger partial charge in [-0.2, -0.15) is 0 Å². The normalized spacial score (nSPS) is 18.3. The third-order valence-electron chi connectivity index (χ3n) is 2.12. The smallest absolute Gasteiger partial charge is 0.338 e. The first kappa shape index (κ1) is 9.93. The molecule has 0 bridgehead atoms. The van der Waals surface area contributed by atoms with Gasteiger partial charge in [-0.25, -0.2) is 4.79 Å². The summed E-state index contributed by atoms with van der Waals surface area (Å²) < 4.78 is 10.1. The molecule has 1 atom stereocenters. The summed E-state index contributed by atoms with van der Waals surface area (Å²) in [4.78, 5) is 11.5. The molecule has 15 heavy (non-hydrogen) atoms. The van der Waals surface area contributed by atoms with Crippen molar-refractivity contribution in [2.24, 2.45) is 0 Å². The maximum absolute atomic E-state index is 11.5. The van der Waals surface area contributed by atoms with Gasteiger partial charge >= 0.3 is 5.97 Å². The molecule has 1 aromatic rings. The van der Waals surface area contributed by atoms with Crippen LogP contribution in [0.5, 0.6) is 5.75 Å². The van der Waals surface area contributed by atoms with Crippen molar-refractivity contribution < 1.29 is 14.3 Å².